The highest BCUT2D eigenvalue weighted by atomic mass is 32.2. The lowest BCUT2D eigenvalue weighted by Crippen LogP contribution is -2.41. The highest BCUT2D eigenvalue weighted by Gasteiger charge is 2.24. The third-order valence-electron chi connectivity index (χ3n) is 5.84. The van der Waals surface area contributed by atoms with Crippen molar-refractivity contribution in [2.75, 3.05) is 25.9 Å². The highest BCUT2D eigenvalue weighted by molar-refractivity contribution is 7.88. The maximum atomic E-state index is 11.8. The lowest BCUT2D eigenvalue weighted by molar-refractivity contribution is 0.0895. The van der Waals surface area contributed by atoms with Gasteiger partial charge in [0, 0.05) is 39.0 Å². The van der Waals surface area contributed by atoms with Gasteiger partial charge in [0.05, 0.1) is 6.26 Å². The Bertz CT molecular complexity index is 1050. The molecule has 0 spiro atoms. The minimum absolute atomic E-state index is 0.0151. The number of carbonyl (C=O) groups is 1. The molecule has 1 saturated heterocycles. The normalized spacial score (nSPS) is 18.1. The summed E-state index contributed by atoms with van der Waals surface area (Å²) in [6.07, 6.45) is 2.47. The van der Waals surface area contributed by atoms with E-state index in [0.29, 0.717) is 45.4 Å². The minimum Gasteiger partial charge on any atom is -0.490 e. The summed E-state index contributed by atoms with van der Waals surface area (Å²) >= 11 is 0. The molecular formula is C22H26N2O5S. The largest absolute Gasteiger partial charge is 0.490 e. The van der Waals surface area contributed by atoms with E-state index in [1.54, 1.807) is 0 Å². The van der Waals surface area contributed by atoms with E-state index >= 15 is 0 Å². The van der Waals surface area contributed by atoms with Crippen molar-refractivity contribution in [3.8, 4) is 16.9 Å². The average Bonchev–Trinajstić information content (AvgIpc) is 2.73. The molecule has 30 heavy (non-hydrogen) atoms. The van der Waals surface area contributed by atoms with Crippen molar-refractivity contribution >= 4 is 16.1 Å². The van der Waals surface area contributed by atoms with Crippen molar-refractivity contribution in [1.82, 2.24) is 9.21 Å². The van der Waals surface area contributed by atoms with Crippen LogP contribution in [0.15, 0.2) is 42.5 Å². The van der Waals surface area contributed by atoms with Crippen molar-refractivity contribution < 1.29 is 23.1 Å². The van der Waals surface area contributed by atoms with E-state index in [9.17, 15) is 13.2 Å². The highest BCUT2D eigenvalue weighted by Crippen LogP contribution is 2.30. The van der Waals surface area contributed by atoms with Gasteiger partial charge >= 0.3 is 6.09 Å². The summed E-state index contributed by atoms with van der Waals surface area (Å²) in [7, 11) is -3.18. The SMILES string of the molecule is CS(=O)(=O)N1CCc2cc(-c3cccc(OC4CCN(C(=O)O)CC4)c3)ccc2C1. The Balaban J connectivity index is 1.46. The number of likely N-dealkylation sites (tertiary alicyclic amines) is 1. The molecular weight excluding hydrogens is 404 g/mol. The number of hydrogen-bond acceptors (Lipinski definition) is 4. The van der Waals surface area contributed by atoms with Gasteiger partial charge in [-0.1, -0.05) is 30.3 Å². The number of piperidine rings is 1. The molecule has 2 aliphatic heterocycles. The van der Waals surface area contributed by atoms with Crippen LogP contribution in [-0.4, -0.2) is 60.8 Å². The number of carboxylic acid groups (broad SMARTS) is 1. The number of rotatable bonds is 4. The van der Waals surface area contributed by atoms with Gasteiger partial charge in [-0.25, -0.2) is 13.2 Å². The number of nitrogens with zero attached hydrogens (tertiary/aromatic N) is 2. The Hall–Kier alpha value is -2.58. The van der Waals surface area contributed by atoms with Crippen molar-refractivity contribution in [2.45, 2.75) is 31.9 Å². The lowest BCUT2D eigenvalue weighted by atomic mass is 9.95. The van der Waals surface area contributed by atoms with Gasteiger partial charge in [0.15, 0.2) is 0 Å². The Morgan fingerprint density at radius 3 is 2.47 bits per heavy atom. The third kappa shape index (κ3) is 4.60. The van der Waals surface area contributed by atoms with Gasteiger partial charge in [0.1, 0.15) is 11.9 Å². The zero-order chi connectivity index (χ0) is 21.3. The summed E-state index contributed by atoms with van der Waals surface area (Å²) in [6.45, 7) is 1.92. The fourth-order valence-electron chi connectivity index (χ4n) is 4.10. The van der Waals surface area contributed by atoms with Crippen LogP contribution >= 0.6 is 0 Å². The Morgan fingerprint density at radius 2 is 1.77 bits per heavy atom. The zero-order valence-electron chi connectivity index (χ0n) is 17.0. The maximum Gasteiger partial charge on any atom is 0.407 e. The van der Waals surface area contributed by atoms with E-state index in [1.807, 2.05) is 36.4 Å². The first-order valence-electron chi connectivity index (χ1n) is 10.1. The smallest absolute Gasteiger partial charge is 0.407 e. The van der Waals surface area contributed by atoms with Gasteiger partial charge in [-0.3, -0.25) is 0 Å². The second-order valence-electron chi connectivity index (χ2n) is 7.94. The van der Waals surface area contributed by atoms with Gasteiger partial charge in [-0.15, -0.1) is 0 Å². The fourth-order valence-corrected chi connectivity index (χ4v) is 4.89. The first-order valence-corrected chi connectivity index (χ1v) is 12.0. The van der Waals surface area contributed by atoms with Crippen LogP contribution in [0.5, 0.6) is 5.75 Å². The molecule has 160 valence electrons. The molecule has 0 radical (unpaired) electrons. The van der Waals surface area contributed by atoms with Crippen molar-refractivity contribution in [3.63, 3.8) is 0 Å². The van der Waals surface area contributed by atoms with Crippen molar-refractivity contribution in [2.24, 2.45) is 0 Å². The summed E-state index contributed by atoms with van der Waals surface area (Å²) in [5.41, 5.74) is 4.35. The number of ether oxygens (including phenoxy) is 1. The first kappa shape index (κ1) is 20.7. The van der Waals surface area contributed by atoms with Crippen LogP contribution in [0.4, 0.5) is 4.79 Å². The second-order valence-corrected chi connectivity index (χ2v) is 9.93. The van der Waals surface area contributed by atoms with E-state index in [2.05, 4.69) is 6.07 Å². The molecule has 0 atom stereocenters. The average molecular weight is 431 g/mol. The van der Waals surface area contributed by atoms with Gasteiger partial charge in [0.25, 0.3) is 0 Å². The molecule has 4 rings (SSSR count). The number of benzene rings is 2. The minimum atomic E-state index is -3.18. The molecule has 2 aromatic rings. The molecule has 0 saturated carbocycles. The Kier molecular flexibility index (Phi) is 5.71. The number of sulfonamides is 1. The first-order chi connectivity index (χ1) is 14.3. The van der Waals surface area contributed by atoms with E-state index in [0.717, 1.165) is 22.4 Å². The summed E-state index contributed by atoms with van der Waals surface area (Å²) in [6, 6.07) is 14.1. The van der Waals surface area contributed by atoms with Gasteiger partial charge in [-0.05, 0) is 40.8 Å². The molecule has 8 heteroatoms. The van der Waals surface area contributed by atoms with Gasteiger partial charge in [-0.2, -0.15) is 4.31 Å². The molecule has 2 heterocycles. The van der Waals surface area contributed by atoms with Gasteiger partial charge < -0.3 is 14.7 Å². The predicted molar refractivity (Wildman–Crippen MR) is 114 cm³/mol. The summed E-state index contributed by atoms with van der Waals surface area (Å²) in [5.74, 6) is 0.780. The molecule has 0 aromatic heterocycles. The maximum absolute atomic E-state index is 11.8. The molecule has 1 amide bonds. The Labute approximate surface area is 176 Å². The number of fused-ring (bicyclic) bond motifs is 1. The van der Waals surface area contributed by atoms with E-state index in [4.69, 9.17) is 9.84 Å². The molecule has 2 aliphatic rings. The standard InChI is InChI=1S/C22H26N2O5S/c1-30(27,28)24-12-7-18-13-17(5-6-19(18)15-24)16-3-2-4-21(14-16)29-20-8-10-23(11-9-20)22(25)26/h2-6,13-14,20H,7-12,15H2,1H3,(H,25,26). The summed E-state index contributed by atoms with van der Waals surface area (Å²) in [4.78, 5) is 12.5. The van der Waals surface area contributed by atoms with Crippen LogP contribution < -0.4 is 4.74 Å². The molecule has 1 N–H and O–H groups in total. The molecule has 0 bridgehead atoms. The summed E-state index contributed by atoms with van der Waals surface area (Å²) < 4.78 is 31.3. The third-order valence-corrected chi connectivity index (χ3v) is 7.08. The van der Waals surface area contributed by atoms with Crippen LogP contribution in [-0.2, 0) is 23.0 Å². The van der Waals surface area contributed by atoms with E-state index in [1.165, 1.54) is 21.0 Å². The summed E-state index contributed by atoms with van der Waals surface area (Å²) in [5, 5.41) is 9.07. The van der Waals surface area contributed by atoms with Crippen LogP contribution in [0.2, 0.25) is 0 Å². The van der Waals surface area contributed by atoms with Crippen LogP contribution in [0.25, 0.3) is 11.1 Å². The molecule has 2 aromatic carbocycles. The Morgan fingerprint density at radius 1 is 1.03 bits per heavy atom. The predicted octanol–water partition coefficient (Wildman–Crippen LogP) is 3.19. The quantitative estimate of drug-likeness (QED) is 0.805. The van der Waals surface area contributed by atoms with Crippen LogP contribution in [0.1, 0.15) is 24.0 Å². The van der Waals surface area contributed by atoms with Crippen LogP contribution in [0, 0.1) is 0 Å². The molecule has 0 unspecified atom stereocenters. The topological polar surface area (TPSA) is 87.2 Å². The van der Waals surface area contributed by atoms with Crippen molar-refractivity contribution in [1.29, 1.82) is 0 Å². The fraction of sp³-hybridized carbons (Fsp3) is 0.409. The molecule has 7 nitrogen and oxygen atoms in total. The molecule has 1 fully saturated rings. The second kappa shape index (κ2) is 8.28. The van der Waals surface area contributed by atoms with E-state index < -0.39 is 16.1 Å². The van der Waals surface area contributed by atoms with Gasteiger partial charge in [0.2, 0.25) is 10.0 Å². The molecule has 0 aliphatic carbocycles. The zero-order valence-corrected chi connectivity index (χ0v) is 17.8. The monoisotopic (exact) mass is 430 g/mol. The lowest BCUT2D eigenvalue weighted by Gasteiger charge is -2.30. The number of amides is 1. The number of hydrogen-bond donors (Lipinski definition) is 1. The van der Waals surface area contributed by atoms with Crippen LogP contribution in [0.3, 0.4) is 0 Å². The van der Waals surface area contributed by atoms with Crippen molar-refractivity contribution in [3.05, 3.63) is 53.6 Å². The van der Waals surface area contributed by atoms with E-state index in [-0.39, 0.29) is 6.10 Å².